The maximum atomic E-state index is 3.86. The topological polar surface area (TPSA) is 15.3 Å². The van der Waals surface area contributed by atoms with E-state index in [1.54, 1.807) is 0 Å². The van der Waals surface area contributed by atoms with E-state index >= 15 is 0 Å². The third-order valence-corrected chi connectivity index (χ3v) is 4.03. The zero-order valence-electron chi connectivity index (χ0n) is 9.63. The van der Waals surface area contributed by atoms with Crippen molar-refractivity contribution in [1.29, 1.82) is 0 Å². The maximum Gasteiger partial charge on any atom is 0.00953 e. The summed E-state index contributed by atoms with van der Waals surface area (Å²) < 4.78 is 0. The summed E-state index contributed by atoms with van der Waals surface area (Å²) in [5.74, 6) is 0.912. The molecule has 2 nitrogen and oxygen atoms in total. The van der Waals surface area contributed by atoms with Crippen LogP contribution in [-0.2, 0) is 0 Å². The number of nitrogens with one attached hydrogen (secondary N) is 1. The van der Waals surface area contributed by atoms with Gasteiger partial charge in [-0.1, -0.05) is 13.3 Å². The van der Waals surface area contributed by atoms with Crippen LogP contribution in [0.3, 0.4) is 0 Å². The second-order valence-electron chi connectivity index (χ2n) is 5.26. The summed E-state index contributed by atoms with van der Waals surface area (Å²) in [6, 6.07) is 1.63. The molecule has 1 aliphatic carbocycles. The van der Waals surface area contributed by atoms with Gasteiger partial charge in [0, 0.05) is 12.1 Å². The van der Waals surface area contributed by atoms with Gasteiger partial charge in [0.2, 0.25) is 0 Å². The Balaban J connectivity index is 1.74. The highest BCUT2D eigenvalue weighted by molar-refractivity contribution is 4.85. The molecule has 2 rings (SSSR count). The van der Waals surface area contributed by atoms with E-state index in [2.05, 4.69) is 24.2 Å². The second-order valence-corrected chi connectivity index (χ2v) is 5.26. The molecule has 0 aromatic heterocycles. The summed E-state index contributed by atoms with van der Waals surface area (Å²) in [5.41, 5.74) is 0. The molecule has 0 bridgehead atoms. The Morgan fingerprint density at radius 1 is 1.07 bits per heavy atom. The van der Waals surface area contributed by atoms with Crippen LogP contribution in [0.25, 0.3) is 0 Å². The number of hydrogen-bond acceptors (Lipinski definition) is 2. The summed E-state index contributed by atoms with van der Waals surface area (Å²) in [4.78, 5) is 2.44. The van der Waals surface area contributed by atoms with Gasteiger partial charge >= 0.3 is 0 Å². The molecule has 2 atom stereocenters. The summed E-state index contributed by atoms with van der Waals surface area (Å²) >= 11 is 0. The lowest BCUT2D eigenvalue weighted by Gasteiger charge is -2.32. The second kappa shape index (κ2) is 4.63. The molecule has 0 unspecified atom stereocenters. The van der Waals surface area contributed by atoms with E-state index < -0.39 is 0 Å². The zero-order chi connectivity index (χ0) is 9.97. The fourth-order valence-electron chi connectivity index (χ4n) is 2.87. The van der Waals surface area contributed by atoms with E-state index in [0.29, 0.717) is 0 Å². The van der Waals surface area contributed by atoms with Gasteiger partial charge in [-0.15, -0.1) is 0 Å². The Labute approximate surface area is 88.1 Å². The molecule has 14 heavy (non-hydrogen) atoms. The van der Waals surface area contributed by atoms with Gasteiger partial charge in [-0.25, -0.2) is 0 Å². The summed E-state index contributed by atoms with van der Waals surface area (Å²) in [6.45, 7) is 4.96. The minimum atomic E-state index is 0.803. The fraction of sp³-hybridized carbons (Fsp3) is 1.00. The molecule has 2 heteroatoms. The molecule has 0 spiro atoms. The standard InChI is InChI=1S/C12H24N2/c1-10-4-3-5-12(10)13-11-6-8-14(2)9-7-11/h10-13H,3-9H2,1-2H3/t10-,12-/m0/s1. The van der Waals surface area contributed by atoms with E-state index in [0.717, 1.165) is 18.0 Å². The van der Waals surface area contributed by atoms with Gasteiger partial charge in [0.25, 0.3) is 0 Å². The number of hydrogen-bond donors (Lipinski definition) is 1. The van der Waals surface area contributed by atoms with Crippen LogP contribution in [-0.4, -0.2) is 37.1 Å². The first-order valence-electron chi connectivity index (χ1n) is 6.20. The molecule has 0 amide bonds. The van der Waals surface area contributed by atoms with Crippen molar-refractivity contribution in [1.82, 2.24) is 10.2 Å². The fourth-order valence-corrected chi connectivity index (χ4v) is 2.87. The zero-order valence-corrected chi connectivity index (χ0v) is 9.63. The van der Waals surface area contributed by atoms with Gasteiger partial charge in [0.1, 0.15) is 0 Å². The van der Waals surface area contributed by atoms with Crippen molar-refractivity contribution in [3.63, 3.8) is 0 Å². The lowest BCUT2D eigenvalue weighted by molar-refractivity contribution is 0.217. The van der Waals surface area contributed by atoms with Gasteiger partial charge in [-0.05, 0) is 51.7 Å². The quantitative estimate of drug-likeness (QED) is 0.725. The lowest BCUT2D eigenvalue weighted by atomic mass is 10.0. The molecule has 1 saturated carbocycles. The first kappa shape index (κ1) is 10.4. The summed E-state index contributed by atoms with van der Waals surface area (Å²) in [7, 11) is 2.23. The highest BCUT2D eigenvalue weighted by Crippen LogP contribution is 2.26. The van der Waals surface area contributed by atoms with Crippen molar-refractivity contribution in [3.05, 3.63) is 0 Å². The van der Waals surface area contributed by atoms with Crippen molar-refractivity contribution in [3.8, 4) is 0 Å². The van der Waals surface area contributed by atoms with Gasteiger partial charge in [-0.3, -0.25) is 0 Å². The van der Waals surface area contributed by atoms with E-state index in [4.69, 9.17) is 0 Å². The third-order valence-electron chi connectivity index (χ3n) is 4.03. The predicted octanol–water partition coefficient (Wildman–Crippen LogP) is 1.86. The van der Waals surface area contributed by atoms with Gasteiger partial charge < -0.3 is 10.2 Å². The van der Waals surface area contributed by atoms with Crippen molar-refractivity contribution in [2.24, 2.45) is 5.92 Å². The summed E-state index contributed by atoms with van der Waals surface area (Å²) in [6.07, 6.45) is 6.97. The van der Waals surface area contributed by atoms with Crippen LogP contribution in [0.1, 0.15) is 39.0 Å². The van der Waals surface area contributed by atoms with Gasteiger partial charge in [-0.2, -0.15) is 0 Å². The summed E-state index contributed by atoms with van der Waals surface area (Å²) in [5, 5.41) is 3.86. The lowest BCUT2D eigenvalue weighted by Crippen LogP contribution is -2.45. The Morgan fingerprint density at radius 2 is 1.79 bits per heavy atom. The SMILES string of the molecule is C[C@H]1CCC[C@@H]1NC1CCN(C)CC1. The Hall–Kier alpha value is -0.0800. The largest absolute Gasteiger partial charge is 0.311 e. The minimum absolute atomic E-state index is 0.803. The van der Waals surface area contributed by atoms with Crippen molar-refractivity contribution in [2.75, 3.05) is 20.1 Å². The molecule has 1 N–H and O–H groups in total. The predicted molar refractivity (Wildman–Crippen MR) is 60.5 cm³/mol. The smallest absolute Gasteiger partial charge is 0.00953 e. The number of nitrogens with zero attached hydrogens (tertiary/aromatic N) is 1. The van der Waals surface area contributed by atoms with Crippen molar-refractivity contribution < 1.29 is 0 Å². The van der Waals surface area contributed by atoms with Crippen LogP contribution in [0, 0.1) is 5.92 Å². The maximum absolute atomic E-state index is 3.86. The monoisotopic (exact) mass is 196 g/mol. The average Bonchev–Trinajstić information content (AvgIpc) is 2.56. The van der Waals surface area contributed by atoms with Crippen LogP contribution >= 0.6 is 0 Å². The number of rotatable bonds is 2. The van der Waals surface area contributed by atoms with Crippen LogP contribution in [0.5, 0.6) is 0 Å². The van der Waals surface area contributed by atoms with E-state index in [1.165, 1.54) is 45.2 Å². The van der Waals surface area contributed by atoms with Crippen molar-refractivity contribution >= 4 is 0 Å². The Bertz CT molecular complexity index is 173. The van der Waals surface area contributed by atoms with Gasteiger partial charge in [0.15, 0.2) is 0 Å². The van der Waals surface area contributed by atoms with Crippen LogP contribution < -0.4 is 5.32 Å². The molecule has 2 aliphatic rings. The molecule has 82 valence electrons. The number of piperidine rings is 1. The molecule has 2 fully saturated rings. The van der Waals surface area contributed by atoms with Crippen LogP contribution in [0.4, 0.5) is 0 Å². The molecule has 0 aromatic rings. The van der Waals surface area contributed by atoms with E-state index in [1.807, 2.05) is 0 Å². The molecule has 0 aromatic carbocycles. The molecule has 1 aliphatic heterocycles. The molecule has 0 radical (unpaired) electrons. The highest BCUT2D eigenvalue weighted by Gasteiger charge is 2.26. The highest BCUT2D eigenvalue weighted by atomic mass is 15.1. The van der Waals surface area contributed by atoms with E-state index in [9.17, 15) is 0 Å². The Kier molecular flexibility index (Phi) is 3.45. The molecule has 1 saturated heterocycles. The normalized spacial score (nSPS) is 36.4. The molecular formula is C12H24N2. The molecular weight excluding hydrogens is 172 g/mol. The van der Waals surface area contributed by atoms with E-state index in [-0.39, 0.29) is 0 Å². The first-order valence-corrected chi connectivity index (χ1v) is 6.20. The average molecular weight is 196 g/mol. The minimum Gasteiger partial charge on any atom is -0.311 e. The van der Waals surface area contributed by atoms with Crippen molar-refractivity contribution in [2.45, 2.75) is 51.1 Å². The molecule has 1 heterocycles. The third kappa shape index (κ3) is 2.48. The van der Waals surface area contributed by atoms with Gasteiger partial charge in [0.05, 0.1) is 0 Å². The Morgan fingerprint density at radius 3 is 2.36 bits per heavy atom. The van der Waals surface area contributed by atoms with Crippen LogP contribution in [0.15, 0.2) is 0 Å². The van der Waals surface area contributed by atoms with Crippen LogP contribution in [0.2, 0.25) is 0 Å². The number of likely N-dealkylation sites (tertiary alicyclic amines) is 1. The first-order chi connectivity index (χ1) is 6.75.